The first-order chi connectivity index (χ1) is 15.9. The van der Waals surface area contributed by atoms with Crippen LogP contribution in [0.4, 0.5) is 5.69 Å². The standard InChI is InChI=1S/C27H26N2O4/c1-4-33-22-7-5-6-21(16-22)29-24(19-10-8-18(9-11-19)17(2)3)23(26(31)27(29)32)25(30)20-12-14-28-15-13-20/h5-17,24,30H,4H2,1-3H3/b25-23+. The molecular formula is C27H26N2O4. The number of anilines is 1. The van der Waals surface area contributed by atoms with E-state index in [2.05, 4.69) is 18.8 Å². The SMILES string of the molecule is CCOc1cccc(N2C(=O)C(=O)/C(=C(/O)c3ccncc3)C2c2ccc(C(C)C)cc2)c1. The molecule has 1 fully saturated rings. The highest BCUT2D eigenvalue weighted by atomic mass is 16.5. The van der Waals surface area contributed by atoms with E-state index < -0.39 is 17.7 Å². The number of pyridine rings is 1. The van der Waals surface area contributed by atoms with Gasteiger partial charge in [-0.2, -0.15) is 0 Å². The summed E-state index contributed by atoms with van der Waals surface area (Å²) in [5.74, 6) is -0.719. The zero-order valence-electron chi connectivity index (χ0n) is 18.9. The number of hydrogen-bond donors (Lipinski definition) is 1. The van der Waals surface area contributed by atoms with E-state index in [1.807, 2.05) is 31.2 Å². The summed E-state index contributed by atoms with van der Waals surface area (Å²) in [4.78, 5) is 31.9. The highest BCUT2D eigenvalue weighted by Crippen LogP contribution is 2.43. The topological polar surface area (TPSA) is 79.7 Å². The molecule has 1 N–H and O–H groups in total. The van der Waals surface area contributed by atoms with Crippen LogP contribution in [0.2, 0.25) is 0 Å². The highest BCUT2D eigenvalue weighted by Gasteiger charge is 2.47. The number of amides is 1. The van der Waals surface area contributed by atoms with Crippen LogP contribution in [0, 0.1) is 0 Å². The fourth-order valence-corrected chi connectivity index (χ4v) is 4.03. The molecule has 1 aromatic heterocycles. The average Bonchev–Trinajstić information content (AvgIpc) is 3.10. The number of ketones is 1. The lowest BCUT2D eigenvalue weighted by Crippen LogP contribution is -2.29. The van der Waals surface area contributed by atoms with E-state index in [1.54, 1.807) is 36.4 Å². The second-order valence-electron chi connectivity index (χ2n) is 8.16. The molecule has 0 spiro atoms. The van der Waals surface area contributed by atoms with Crippen molar-refractivity contribution in [2.24, 2.45) is 0 Å². The zero-order valence-corrected chi connectivity index (χ0v) is 18.9. The predicted molar refractivity (Wildman–Crippen MR) is 127 cm³/mol. The molecule has 3 aromatic rings. The van der Waals surface area contributed by atoms with Gasteiger partial charge in [0.05, 0.1) is 18.2 Å². The molecule has 6 nitrogen and oxygen atoms in total. The number of Topliss-reactive ketones (excluding diaryl/α,β-unsaturated/α-hetero) is 1. The van der Waals surface area contributed by atoms with Crippen molar-refractivity contribution in [1.29, 1.82) is 0 Å². The van der Waals surface area contributed by atoms with Gasteiger partial charge in [0.15, 0.2) is 0 Å². The molecule has 2 heterocycles. The molecular weight excluding hydrogens is 416 g/mol. The number of aliphatic hydroxyl groups excluding tert-OH is 1. The molecule has 33 heavy (non-hydrogen) atoms. The highest BCUT2D eigenvalue weighted by molar-refractivity contribution is 6.51. The third-order valence-electron chi connectivity index (χ3n) is 5.72. The normalized spacial score (nSPS) is 17.6. The number of hydrogen-bond acceptors (Lipinski definition) is 5. The quantitative estimate of drug-likeness (QED) is 0.321. The Morgan fingerprint density at radius 3 is 2.39 bits per heavy atom. The third-order valence-corrected chi connectivity index (χ3v) is 5.72. The molecule has 4 rings (SSSR count). The van der Waals surface area contributed by atoms with E-state index >= 15 is 0 Å². The van der Waals surface area contributed by atoms with Crippen molar-refractivity contribution < 1.29 is 19.4 Å². The molecule has 1 aliphatic heterocycles. The number of nitrogens with zero attached hydrogens (tertiary/aromatic N) is 2. The number of rotatable bonds is 6. The van der Waals surface area contributed by atoms with Gasteiger partial charge in [-0.25, -0.2) is 0 Å². The van der Waals surface area contributed by atoms with Crippen LogP contribution in [0.15, 0.2) is 78.6 Å². The number of aliphatic hydroxyl groups is 1. The minimum Gasteiger partial charge on any atom is -0.507 e. The van der Waals surface area contributed by atoms with Crippen LogP contribution in [0.1, 0.15) is 49.4 Å². The first kappa shape index (κ1) is 22.3. The van der Waals surface area contributed by atoms with E-state index in [0.717, 1.165) is 11.1 Å². The fourth-order valence-electron chi connectivity index (χ4n) is 4.03. The molecule has 6 heteroatoms. The molecule has 1 unspecified atom stereocenters. The third kappa shape index (κ3) is 4.24. The zero-order chi connectivity index (χ0) is 23.5. The van der Waals surface area contributed by atoms with Gasteiger partial charge in [-0.15, -0.1) is 0 Å². The smallest absolute Gasteiger partial charge is 0.300 e. The number of carbonyl (C=O) groups excluding carboxylic acids is 2. The summed E-state index contributed by atoms with van der Waals surface area (Å²) in [6.45, 7) is 6.56. The molecule has 1 aliphatic rings. The van der Waals surface area contributed by atoms with Crippen LogP contribution < -0.4 is 9.64 Å². The van der Waals surface area contributed by atoms with Gasteiger partial charge >= 0.3 is 0 Å². The van der Waals surface area contributed by atoms with Crippen molar-refractivity contribution >= 4 is 23.1 Å². The molecule has 0 saturated carbocycles. The summed E-state index contributed by atoms with van der Waals surface area (Å²) >= 11 is 0. The molecule has 2 aromatic carbocycles. The molecule has 168 valence electrons. The number of ether oxygens (including phenoxy) is 1. The molecule has 1 saturated heterocycles. The maximum absolute atomic E-state index is 13.3. The Labute approximate surface area is 193 Å². The Balaban J connectivity index is 1.91. The van der Waals surface area contributed by atoms with Gasteiger partial charge in [-0.05, 0) is 48.2 Å². The Morgan fingerprint density at radius 2 is 1.76 bits per heavy atom. The van der Waals surface area contributed by atoms with Gasteiger partial charge < -0.3 is 9.84 Å². The predicted octanol–water partition coefficient (Wildman–Crippen LogP) is 5.23. The minimum absolute atomic E-state index is 0.0466. The lowest BCUT2D eigenvalue weighted by molar-refractivity contribution is -0.132. The van der Waals surface area contributed by atoms with Crippen LogP contribution in [0.25, 0.3) is 5.76 Å². The van der Waals surface area contributed by atoms with Crippen molar-refractivity contribution in [3.8, 4) is 5.75 Å². The van der Waals surface area contributed by atoms with Crippen molar-refractivity contribution in [1.82, 2.24) is 4.98 Å². The second kappa shape index (κ2) is 9.28. The van der Waals surface area contributed by atoms with Gasteiger partial charge in [-0.1, -0.05) is 44.2 Å². The van der Waals surface area contributed by atoms with Crippen LogP contribution in [0.3, 0.4) is 0 Å². The Morgan fingerprint density at radius 1 is 1.06 bits per heavy atom. The Hall–Kier alpha value is -3.93. The van der Waals surface area contributed by atoms with Crippen molar-refractivity contribution in [3.05, 3.63) is 95.3 Å². The Kier molecular flexibility index (Phi) is 6.27. The Bertz CT molecular complexity index is 1200. The summed E-state index contributed by atoms with van der Waals surface area (Å²) in [5, 5.41) is 11.1. The van der Waals surface area contributed by atoms with Gasteiger partial charge in [-0.3, -0.25) is 19.5 Å². The van der Waals surface area contributed by atoms with Crippen LogP contribution in [-0.4, -0.2) is 28.4 Å². The summed E-state index contributed by atoms with van der Waals surface area (Å²) in [6, 6.07) is 17.3. The van der Waals surface area contributed by atoms with E-state index in [0.29, 0.717) is 29.5 Å². The molecule has 0 bridgehead atoms. The van der Waals surface area contributed by atoms with Gasteiger partial charge in [0.2, 0.25) is 0 Å². The fraction of sp³-hybridized carbons (Fsp3) is 0.222. The van der Waals surface area contributed by atoms with Gasteiger partial charge in [0.25, 0.3) is 11.7 Å². The van der Waals surface area contributed by atoms with Crippen molar-refractivity contribution in [3.63, 3.8) is 0 Å². The van der Waals surface area contributed by atoms with E-state index in [1.165, 1.54) is 17.3 Å². The lowest BCUT2D eigenvalue weighted by atomic mass is 9.93. The number of benzene rings is 2. The monoisotopic (exact) mass is 442 g/mol. The van der Waals surface area contributed by atoms with Gasteiger partial charge in [0.1, 0.15) is 11.5 Å². The van der Waals surface area contributed by atoms with E-state index in [9.17, 15) is 14.7 Å². The van der Waals surface area contributed by atoms with Crippen molar-refractivity contribution in [2.75, 3.05) is 11.5 Å². The van der Waals surface area contributed by atoms with Crippen molar-refractivity contribution in [2.45, 2.75) is 32.7 Å². The lowest BCUT2D eigenvalue weighted by Gasteiger charge is -2.26. The summed E-state index contributed by atoms with van der Waals surface area (Å²) in [6.07, 6.45) is 3.06. The second-order valence-corrected chi connectivity index (χ2v) is 8.16. The minimum atomic E-state index is -0.781. The van der Waals surface area contributed by atoms with E-state index in [-0.39, 0.29) is 11.3 Å². The molecule has 0 radical (unpaired) electrons. The molecule has 1 amide bonds. The summed E-state index contributed by atoms with van der Waals surface area (Å²) < 4.78 is 5.60. The van der Waals surface area contributed by atoms with Crippen LogP contribution in [0.5, 0.6) is 5.75 Å². The summed E-state index contributed by atoms with van der Waals surface area (Å²) in [7, 11) is 0. The summed E-state index contributed by atoms with van der Waals surface area (Å²) in [5.41, 5.74) is 2.87. The first-order valence-corrected chi connectivity index (χ1v) is 11.0. The number of aromatic nitrogens is 1. The van der Waals surface area contributed by atoms with Gasteiger partial charge in [0, 0.05) is 29.7 Å². The first-order valence-electron chi connectivity index (χ1n) is 11.0. The van der Waals surface area contributed by atoms with Crippen LogP contribution >= 0.6 is 0 Å². The number of carbonyl (C=O) groups is 2. The maximum Gasteiger partial charge on any atom is 0.300 e. The van der Waals surface area contributed by atoms with Crippen LogP contribution in [-0.2, 0) is 9.59 Å². The van der Waals surface area contributed by atoms with E-state index in [4.69, 9.17) is 4.74 Å². The molecule has 1 atom stereocenters. The largest absolute Gasteiger partial charge is 0.507 e. The molecule has 0 aliphatic carbocycles. The maximum atomic E-state index is 13.3. The average molecular weight is 443 g/mol.